The van der Waals surface area contributed by atoms with Crippen molar-refractivity contribution >= 4 is 11.6 Å². The third kappa shape index (κ3) is 6.25. The fourth-order valence-electron chi connectivity index (χ4n) is 2.22. The second-order valence-electron chi connectivity index (χ2n) is 5.60. The predicted molar refractivity (Wildman–Crippen MR) is 84.5 cm³/mol. The molecule has 0 aliphatic carbocycles. The number of nitrogens with one attached hydrogen (secondary N) is 1. The van der Waals surface area contributed by atoms with Crippen LogP contribution in [0, 0.1) is 0 Å². The number of methoxy groups -OCH3 is 1. The Morgan fingerprint density at radius 3 is 2.67 bits per heavy atom. The molecule has 1 unspecified atom stereocenters. The third-order valence-electron chi connectivity index (χ3n) is 3.15. The summed E-state index contributed by atoms with van der Waals surface area (Å²) in [6.07, 6.45) is -0.587. The van der Waals surface area contributed by atoms with Gasteiger partial charge in [-0.25, -0.2) is 0 Å². The summed E-state index contributed by atoms with van der Waals surface area (Å²) in [4.78, 5) is 13.8. The van der Waals surface area contributed by atoms with Crippen LogP contribution in [-0.4, -0.2) is 55.9 Å². The van der Waals surface area contributed by atoms with Crippen molar-refractivity contribution in [2.75, 3.05) is 39.2 Å². The van der Waals surface area contributed by atoms with E-state index < -0.39 is 6.10 Å². The number of rotatable bonds is 8. The van der Waals surface area contributed by atoms with Crippen molar-refractivity contribution in [1.82, 2.24) is 4.90 Å². The highest BCUT2D eigenvalue weighted by atomic mass is 16.5. The van der Waals surface area contributed by atoms with Gasteiger partial charge < -0.3 is 15.2 Å². The molecule has 118 valence electrons. The van der Waals surface area contributed by atoms with Crippen LogP contribution < -0.4 is 5.32 Å². The van der Waals surface area contributed by atoms with Gasteiger partial charge in [-0.2, -0.15) is 0 Å². The van der Waals surface area contributed by atoms with Crippen LogP contribution >= 0.6 is 0 Å². The molecular weight excluding hydrogens is 268 g/mol. The number of ether oxygens (including phenoxy) is 1. The van der Waals surface area contributed by atoms with E-state index >= 15 is 0 Å². The molecule has 0 bridgehead atoms. The number of anilines is 1. The lowest BCUT2D eigenvalue weighted by atomic mass is 10.0. The molecule has 21 heavy (non-hydrogen) atoms. The highest BCUT2D eigenvalue weighted by molar-refractivity contribution is 5.93. The quantitative estimate of drug-likeness (QED) is 0.766. The molecule has 1 atom stereocenters. The van der Waals surface area contributed by atoms with Crippen molar-refractivity contribution in [3.8, 4) is 0 Å². The van der Waals surface area contributed by atoms with Gasteiger partial charge in [0, 0.05) is 19.3 Å². The van der Waals surface area contributed by atoms with Gasteiger partial charge in [-0.1, -0.05) is 32.0 Å². The first kappa shape index (κ1) is 17.6. The summed E-state index contributed by atoms with van der Waals surface area (Å²) in [5.41, 5.74) is 1.97. The van der Waals surface area contributed by atoms with Crippen molar-refractivity contribution in [3.05, 3.63) is 29.8 Å². The molecule has 0 radical (unpaired) electrons. The molecule has 2 N–H and O–H groups in total. The van der Waals surface area contributed by atoms with E-state index in [0.717, 1.165) is 11.3 Å². The van der Waals surface area contributed by atoms with E-state index in [-0.39, 0.29) is 19.1 Å². The number of carbonyl (C=O) groups excluding carboxylic acids is 1. The minimum absolute atomic E-state index is 0.0878. The molecule has 0 aliphatic heterocycles. The van der Waals surface area contributed by atoms with Gasteiger partial charge in [-0.3, -0.25) is 9.69 Å². The molecule has 1 aromatic rings. The smallest absolute Gasteiger partial charge is 0.238 e. The van der Waals surface area contributed by atoms with Crippen LogP contribution in [0.5, 0.6) is 0 Å². The zero-order valence-corrected chi connectivity index (χ0v) is 13.3. The Labute approximate surface area is 126 Å². The number of benzene rings is 1. The van der Waals surface area contributed by atoms with Crippen molar-refractivity contribution < 1.29 is 14.6 Å². The fourth-order valence-corrected chi connectivity index (χ4v) is 2.22. The molecule has 1 amide bonds. The molecule has 0 saturated heterocycles. The zero-order chi connectivity index (χ0) is 15.8. The van der Waals surface area contributed by atoms with Gasteiger partial charge in [0.2, 0.25) is 5.91 Å². The summed E-state index contributed by atoms with van der Waals surface area (Å²) < 4.78 is 4.87. The minimum atomic E-state index is -0.587. The monoisotopic (exact) mass is 294 g/mol. The van der Waals surface area contributed by atoms with E-state index in [4.69, 9.17) is 4.74 Å². The largest absolute Gasteiger partial charge is 0.389 e. The molecule has 0 aromatic heterocycles. The van der Waals surface area contributed by atoms with Crippen LogP contribution in [0.4, 0.5) is 5.69 Å². The number of aliphatic hydroxyl groups is 1. The Kier molecular flexibility index (Phi) is 7.36. The van der Waals surface area contributed by atoms with Crippen LogP contribution in [-0.2, 0) is 9.53 Å². The molecule has 1 rings (SSSR count). The number of hydrogen-bond donors (Lipinski definition) is 2. The highest BCUT2D eigenvalue weighted by Gasteiger charge is 2.13. The van der Waals surface area contributed by atoms with E-state index in [1.165, 1.54) is 0 Å². The first-order valence-electron chi connectivity index (χ1n) is 7.18. The lowest BCUT2D eigenvalue weighted by Gasteiger charge is -2.20. The first-order chi connectivity index (χ1) is 9.93. The summed E-state index contributed by atoms with van der Waals surface area (Å²) >= 11 is 0. The van der Waals surface area contributed by atoms with Gasteiger partial charge in [0.25, 0.3) is 0 Å². The van der Waals surface area contributed by atoms with Gasteiger partial charge in [0.1, 0.15) is 0 Å². The topological polar surface area (TPSA) is 61.8 Å². The molecule has 0 saturated carbocycles. The fraction of sp³-hybridized carbons (Fsp3) is 0.562. The molecule has 0 fully saturated rings. The summed E-state index contributed by atoms with van der Waals surface area (Å²) in [5.74, 6) is 0.262. The predicted octanol–water partition coefficient (Wildman–Crippen LogP) is 1.69. The summed E-state index contributed by atoms with van der Waals surface area (Å²) in [6.45, 7) is 5.08. The van der Waals surface area contributed by atoms with Gasteiger partial charge >= 0.3 is 0 Å². The minimum Gasteiger partial charge on any atom is -0.389 e. The Balaban J connectivity index is 2.54. The van der Waals surface area contributed by atoms with Crippen LogP contribution in [0.3, 0.4) is 0 Å². The Morgan fingerprint density at radius 1 is 1.38 bits per heavy atom. The number of hydrogen-bond acceptors (Lipinski definition) is 4. The number of likely N-dealkylation sites (N-methyl/N-ethyl adjacent to an activating group) is 1. The molecular formula is C16H26N2O3. The van der Waals surface area contributed by atoms with E-state index in [1.54, 1.807) is 19.1 Å². The number of amides is 1. The van der Waals surface area contributed by atoms with Crippen molar-refractivity contribution in [2.24, 2.45) is 0 Å². The summed E-state index contributed by atoms with van der Waals surface area (Å²) in [6, 6.07) is 7.81. The van der Waals surface area contributed by atoms with Gasteiger partial charge in [-0.05, 0) is 24.6 Å². The van der Waals surface area contributed by atoms with Crippen LogP contribution in [0.25, 0.3) is 0 Å². The molecule has 1 aromatic carbocycles. The van der Waals surface area contributed by atoms with Crippen LogP contribution in [0.15, 0.2) is 24.3 Å². The van der Waals surface area contributed by atoms with E-state index in [1.807, 2.05) is 24.3 Å². The van der Waals surface area contributed by atoms with Gasteiger partial charge in [0.05, 0.1) is 19.3 Å². The maximum absolute atomic E-state index is 12.1. The summed E-state index contributed by atoms with van der Waals surface area (Å²) in [7, 11) is 3.34. The Bertz CT molecular complexity index is 449. The lowest BCUT2D eigenvalue weighted by Crippen LogP contribution is -2.37. The average molecular weight is 294 g/mol. The van der Waals surface area contributed by atoms with Crippen molar-refractivity contribution in [1.29, 1.82) is 0 Å². The average Bonchev–Trinajstić information content (AvgIpc) is 2.38. The molecule has 0 spiro atoms. The number of para-hydroxylation sites is 1. The standard InChI is InChI=1S/C16H26N2O3/c1-12(2)14-7-5-6-8-15(14)17-16(20)10-18(3)9-13(19)11-21-4/h5-8,12-13,19H,9-11H2,1-4H3,(H,17,20). The summed E-state index contributed by atoms with van der Waals surface area (Å²) in [5, 5.41) is 12.6. The Morgan fingerprint density at radius 2 is 2.05 bits per heavy atom. The molecule has 5 heteroatoms. The lowest BCUT2D eigenvalue weighted by molar-refractivity contribution is -0.117. The maximum Gasteiger partial charge on any atom is 0.238 e. The molecule has 0 heterocycles. The van der Waals surface area contributed by atoms with Gasteiger partial charge in [0.15, 0.2) is 0 Å². The SMILES string of the molecule is COCC(O)CN(C)CC(=O)Nc1ccccc1C(C)C. The first-order valence-corrected chi connectivity index (χ1v) is 7.18. The molecule has 0 aliphatic rings. The number of carbonyl (C=O) groups is 1. The van der Waals surface area contributed by atoms with Crippen molar-refractivity contribution in [3.63, 3.8) is 0 Å². The van der Waals surface area contributed by atoms with Crippen LogP contribution in [0.1, 0.15) is 25.3 Å². The number of aliphatic hydroxyl groups excluding tert-OH is 1. The van der Waals surface area contributed by atoms with Gasteiger partial charge in [-0.15, -0.1) is 0 Å². The van der Waals surface area contributed by atoms with Crippen molar-refractivity contribution in [2.45, 2.75) is 25.9 Å². The highest BCUT2D eigenvalue weighted by Crippen LogP contribution is 2.23. The maximum atomic E-state index is 12.1. The second-order valence-corrected chi connectivity index (χ2v) is 5.60. The number of nitrogens with zero attached hydrogens (tertiary/aromatic N) is 1. The van der Waals surface area contributed by atoms with E-state index in [2.05, 4.69) is 19.2 Å². The van der Waals surface area contributed by atoms with Crippen LogP contribution in [0.2, 0.25) is 0 Å². The normalized spacial score (nSPS) is 12.7. The second kappa shape index (κ2) is 8.77. The van der Waals surface area contributed by atoms with E-state index in [0.29, 0.717) is 12.5 Å². The zero-order valence-electron chi connectivity index (χ0n) is 13.3. The third-order valence-corrected chi connectivity index (χ3v) is 3.15. The molecule has 5 nitrogen and oxygen atoms in total. The Hall–Kier alpha value is -1.43. The van der Waals surface area contributed by atoms with E-state index in [9.17, 15) is 9.90 Å².